The number of carboxylic acids is 1. The van der Waals surface area contributed by atoms with Gasteiger partial charge in [-0.2, -0.15) is 9.97 Å². The number of hydrogen-bond donors (Lipinski definition) is 3. The number of nitrogens with two attached hydrogens (primary N) is 1. The Morgan fingerprint density at radius 2 is 2.05 bits per heavy atom. The molecule has 2 aromatic heterocycles. The molecule has 2 aromatic carbocycles. The van der Waals surface area contributed by atoms with E-state index in [9.17, 15) is 19.9 Å². The number of anilines is 1. The van der Waals surface area contributed by atoms with Gasteiger partial charge in [-0.05, 0) is 24.3 Å². The number of halogens is 1. The van der Waals surface area contributed by atoms with Crippen LogP contribution < -0.4 is 24.6 Å². The number of rotatable bonds is 10. The van der Waals surface area contributed by atoms with Gasteiger partial charge in [0.2, 0.25) is 17.6 Å². The van der Waals surface area contributed by atoms with Gasteiger partial charge in [0, 0.05) is 5.39 Å². The minimum atomic E-state index is -2.83. The summed E-state index contributed by atoms with van der Waals surface area (Å²) >= 11 is 0. The molecule has 5 rings (SSSR count). The molecule has 4 aromatic rings. The number of nitrogen functional groups attached to an aromatic ring is 1. The highest BCUT2D eigenvalue weighted by Gasteiger charge is 2.55. The second kappa shape index (κ2) is 11.8. The Bertz CT molecular complexity index is 1700. The second-order valence-corrected chi connectivity index (χ2v) is 11.4. The second-order valence-electron chi connectivity index (χ2n) is 10.5. The molecule has 43 heavy (non-hydrogen) atoms. The molecular weight excluding hydrogens is 586 g/mol. The van der Waals surface area contributed by atoms with Gasteiger partial charge in [-0.25, -0.2) is 14.2 Å². The molecule has 3 heterocycles. The minimum absolute atomic E-state index is 0.0347. The molecular formula is C27H30FN6O8P. The molecule has 14 nitrogen and oxygen atoms in total. The molecule has 16 heteroatoms. The van der Waals surface area contributed by atoms with E-state index >= 15 is 4.39 Å². The highest BCUT2D eigenvalue weighted by Crippen LogP contribution is 2.44. The van der Waals surface area contributed by atoms with Gasteiger partial charge in [0.15, 0.2) is 35.4 Å². The van der Waals surface area contributed by atoms with Crippen LogP contribution in [-0.4, -0.2) is 73.3 Å². The minimum Gasteiger partial charge on any atom is -0.575 e. The molecule has 228 valence electrons. The number of alkyl halides is 1. The zero-order valence-electron chi connectivity index (χ0n) is 23.6. The number of imidazole rings is 1. The van der Waals surface area contributed by atoms with Crippen LogP contribution in [0.25, 0.3) is 21.9 Å². The van der Waals surface area contributed by atoms with Gasteiger partial charge in [-0.1, -0.05) is 48.9 Å². The lowest BCUT2D eigenvalue weighted by atomic mass is 9.98. The highest BCUT2D eigenvalue weighted by molar-refractivity contribution is 7.34. The van der Waals surface area contributed by atoms with Gasteiger partial charge < -0.3 is 35.1 Å². The van der Waals surface area contributed by atoms with Gasteiger partial charge in [-0.15, -0.1) is 0 Å². The van der Waals surface area contributed by atoms with E-state index in [4.69, 9.17) is 24.5 Å². The van der Waals surface area contributed by atoms with Gasteiger partial charge in [-0.3, -0.25) is 9.09 Å². The molecule has 0 spiro atoms. The molecule has 1 fully saturated rings. The number of ether oxygens (including phenoxy) is 3. The van der Waals surface area contributed by atoms with Crippen molar-refractivity contribution in [2.75, 3.05) is 19.5 Å². The Morgan fingerprint density at radius 1 is 1.30 bits per heavy atom. The number of nitrogens with zero attached hydrogens (tertiary/aromatic N) is 5. The number of aromatic nitrogens is 4. The number of methoxy groups -OCH3 is 1. The molecule has 2 unspecified atom stereocenters. The summed E-state index contributed by atoms with van der Waals surface area (Å²) in [5.74, 6) is -1.55. The third kappa shape index (κ3) is 5.76. The van der Waals surface area contributed by atoms with E-state index in [0.29, 0.717) is 5.39 Å². The number of carbonyl (C=O) groups is 1. The highest BCUT2D eigenvalue weighted by atomic mass is 31.1. The smallest absolute Gasteiger partial charge is 0.395 e. The maximum atomic E-state index is 15.7. The van der Waals surface area contributed by atoms with Crippen LogP contribution in [0.15, 0.2) is 47.5 Å². The van der Waals surface area contributed by atoms with Gasteiger partial charge in [0.25, 0.3) is 0 Å². The molecule has 4 N–H and O–H groups in total. The van der Waals surface area contributed by atoms with Crippen molar-refractivity contribution >= 4 is 42.0 Å². The first-order chi connectivity index (χ1) is 20.4. The molecule has 6 atom stereocenters. The van der Waals surface area contributed by atoms with E-state index in [1.54, 1.807) is 50.2 Å². The standard InChI is InChI=1S/C27H30FN6O8P/c1-13(2)18(24(35)36)33-43(38)42-20-15-8-6-5-7-14(15)9-10-16(20)40-11-17-21(28)27(3,37)25(41-17)34-12-30-19-22(34)31-26(29)32-23(19)39-4/h5-10,12-13,17-18,21,25,37H,11H2,1-4H3,(H,35,36)(H2,29,31,32)/t17-,18?,21-,25-,27-/m1/s1. The van der Waals surface area contributed by atoms with Crippen LogP contribution in [-0.2, 0) is 9.53 Å². The molecule has 0 saturated carbocycles. The normalized spacial score (nSPS) is 23.2. The summed E-state index contributed by atoms with van der Waals surface area (Å²) in [6.07, 6.45) is -3.15. The fourth-order valence-electron chi connectivity index (χ4n) is 4.85. The van der Waals surface area contributed by atoms with Crippen molar-refractivity contribution in [3.05, 3.63) is 42.7 Å². The summed E-state index contributed by atoms with van der Waals surface area (Å²) in [6.45, 7) is 4.17. The summed E-state index contributed by atoms with van der Waals surface area (Å²) in [4.78, 5) is 36.8. The Morgan fingerprint density at radius 3 is 2.74 bits per heavy atom. The van der Waals surface area contributed by atoms with Gasteiger partial charge >= 0.3 is 14.1 Å². The molecule has 0 aliphatic carbocycles. The van der Waals surface area contributed by atoms with Crippen LogP contribution in [0.2, 0.25) is 0 Å². The fraction of sp³-hybridized carbons (Fsp3) is 0.407. The summed E-state index contributed by atoms with van der Waals surface area (Å²) in [5, 5.41) is 21.9. The summed E-state index contributed by atoms with van der Waals surface area (Å²) in [5.41, 5.74) is 4.17. The van der Waals surface area contributed by atoms with Crippen molar-refractivity contribution in [2.24, 2.45) is 10.7 Å². The fourth-order valence-corrected chi connectivity index (χ4v) is 5.81. The van der Waals surface area contributed by atoms with Crippen LogP contribution >= 0.6 is 8.17 Å². The van der Waals surface area contributed by atoms with Crippen molar-refractivity contribution in [1.82, 2.24) is 19.5 Å². The lowest BCUT2D eigenvalue weighted by molar-refractivity contribution is -0.169. The van der Waals surface area contributed by atoms with E-state index in [1.165, 1.54) is 24.9 Å². The third-order valence-corrected chi connectivity index (χ3v) is 7.84. The molecule has 1 aliphatic rings. The van der Waals surface area contributed by atoms with Crippen molar-refractivity contribution in [1.29, 1.82) is 0 Å². The Kier molecular flexibility index (Phi) is 8.34. The number of aliphatic carboxylic acids is 1. The summed E-state index contributed by atoms with van der Waals surface area (Å²) in [6, 6.07) is 9.06. The monoisotopic (exact) mass is 616 g/mol. The van der Waals surface area contributed by atoms with Crippen LogP contribution in [0, 0.1) is 5.92 Å². The van der Waals surface area contributed by atoms with Crippen LogP contribution in [0.1, 0.15) is 27.0 Å². The maximum absolute atomic E-state index is 15.7. The van der Waals surface area contributed by atoms with Gasteiger partial charge in [0.1, 0.15) is 18.3 Å². The first-order valence-electron chi connectivity index (χ1n) is 13.2. The first kappa shape index (κ1) is 30.3. The average molecular weight is 617 g/mol. The van der Waals surface area contributed by atoms with Gasteiger partial charge in [0.05, 0.1) is 13.4 Å². The van der Waals surface area contributed by atoms with E-state index in [-0.39, 0.29) is 41.1 Å². The SMILES string of the molecule is COc1nc(N)nc2c1ncn2[C@@H]1O[C@H](COc2ccc3ccccc3c2O[P+]([O-])=NC(C(=O)O)C(C)C)[C@@H](F)[C@@]1(C)O. The van der Waals surface area contributed by atoms with Crippen LogP contribution in [0.3, 0.4) is 0 Å². The predicted octanol–water partition coefficient (Wildman–Crippen LogP) is 2.98. The first-order valence-corrected chi connectivity index (χ1v) is 14.3. The molecule has 0 amide bonds. The Labute approximate surface area is 245 Å². The molecule has 0 bridgehead atoms. The molecule has 0 radical (unpaired) electrons. The average Bonchev–Trinajstić information content (AvgIpc) is 3.47. The number of hydrogen-bond acceptors (Lipinski definition) is 12. The number of fused-ring (bicyclic) bond motifs is 2. The number of aliphatic hydroxyl groups is 1. The van der Waals surface area contributed by atoms with E-state index < -0.39 is 50.2 Å². The van der Waals surface area contributed by atoms with E-state index in [0.717, 1.165) is 5.39 Å². The molecule has 1 saturated heterocycles. The third-order valence-electron chi connectivity index (χ3n) is 7.06. The maximum Gasteiger partial charge on any atom is 0.395 e. The number of carboxylic acid groups (broad SMARTS) is 1. The Hall–Kier alpha value is -4.17. The largest absolute Gasteiger partial charge is 0.575 e. The summed E-state index contributed by atoms with van der Waals surface area (Å²) in [7, 11) is -1.44. The lowest BCUT2D eigenvalue weighted by Gasteiger charge is -2.26. The van der Waals surface area contributed by atoms with Crippen molar-refractivity contribution in [2.45, 2.75) is 50.9 Å². The predicted molar refractivity (Wildman–Crippen MR) is 151 cm³/mol. The topological polar surface area (TPSA) is 199 Å². The van der Waals surface area contributed by atoms with E-state index in [1.807, 2.05) is 0 Å². The van der Waals surface area contributed by atoms with Crippen LogP contribution in [0.4, 0.5) is 10.3 Å². The Balaban J connectivity index is 1.43. The zero-order chi connectivity index (χ0) is 31.1. The quantitative estimate of drug-likeness (QED) is 0.220. The van der Waals surface area contributed by atoms with E-state index in [2.05, 4.69) is 19.7 Å². The van der Waals surface area contributed by atoms with Crippen LogP contribution in [0.5, 0.6) is 17.4 Å². The van der Waals surface area contributed by atoms with Crippen molar-refractivity contribution in [3.63, 3.8) is 0 Å². The van der Waals surface area contributed by atoms with Crippen molar-refractivity contribution < 1.29 is 43.0 Å². The lowest BCUT2D eigenvalue weighted by Crippen LogP contribution is -2.42. The molecule has 1 aliphatic heterocycles. The number of benzene rings is 2. The van der Waals surface area contributed by atoms with Crippen molar-refractivity contribution in [3.8, 4) is 17.4 Å². The zero-order valence-corrected chi connectivity index (χ0v) is 24.5. The summed E-state index contributed by atoms with van der Waals surface area (Å²) < 4.78 is 43.6.